The van der Waals surface area contributed by atoms with Crippen molar-refractivity contribution in [1.82, 2.24) is 9.47 Å². The number of amides is 1. The zero-order valence-electron chi connectivity index (χ0n) is 10.6. The molecule has 0 saturated carbocycles. The smallest absolute Gasteiger partial charge is 0.226 e. The SMILES string of the molecule is CN(C)C(=O)Cc1cn2c3c(cccc13)OCC2. The van der Waals surface area contributed by atoms with E-state index in [9.17, 15) is 4.79 Å². The van der Waals surface area contributed by atoms with Crippen molar-refractivity contribution in [2.45, 2.75) is 13.0 Å². The van der Waals surface area contributed by atoms with Gasteiger partial charge in [0.2, 0.25) is 5.91 Å². The van der Waals surface area contributed by atoms with Crippen LogP contribution in [-0.2, 0) is 17.8 Å². The second-order valence-electron chi connectivity index (χ2n) is 4.81. The number of para-hydroxylation sites is 1. The molecule has 1 amide bonds. The third-order valence-corrected chi connectivity index (χ3v) is 3.37. The van der Waals surface area contributed by atoms with Crippen LogP contribution >= 0.6 is 0 Å². The zero-order valence-corrected chi connectivity index (χ0v) is 10.6. The molecule has 0 saturated heterocycles. The first kappa shape index (κ1) is 11.1. The molecule has 0 unspecified atom stereocenters. The summed E-state index contributed by atoms with van der Waals surface area (Å²) in [5.74, 6) is 1.04. The van der Waals surface area contributed by atoms with Crippen molar-refractivity contribution in [2.75, 3.05) is 20.7 Å². The van der Waals surface area contributed by atoms with E-state index in [4.69, 9.17) is 4.74 Å². The van der Waals surface area contributed by atoms with Crippen molar-refractivity contribution in [1.29, 1.82) is 0 Å². The standard InChI is InChI=1S/C14H16N2O2/c1-15(2)13(17)8-10-9-16-6-7-18-12-5-3-4-11(10)14(12)16/h3-5,9H,6-8H2,1-2H3. The lowest BCUT2D eigenvalue weighted by Crippen LogP contribution is -2.23. The van der Waals surface area contributed by atoms with E-state index in [-0.39, 0.29) is 5.91 Å². The van der Waals surface area contributed by atoms with Crippen molar-refractivity contribution in [3.05, 3.63) is 30.0 Å². The number of carbonyl (C=O) groups is 1. The summed E-state index contributed by atoms with van der Waals surface area (Å²) >= 11 is 0. The molecule has 3 rings (SSSR count). The number of aromatic nitrogens is 1. The van der Waals surface area contributed by atoms with Crippen LogP contribution in [0.1, 0.15) is 5.56 Å². The third-order valence-electron chi connectivity index (χ3n) is 3.37. The molecule has 1 aliphatic heterocycles. The van der Waals surface area contributed by atoms with E-state index >= 15 is 0 Å². The van der Waals surface area contributed by atoms with Crippen molar-refractivity contribution in [2.24, 2.45) is 0 Å². The molecule has 0 fully saturated rings. The molecular formula is C14H16N2O2. The Labute approximate surface area is 106 Å². The summed E-state index contributed by atoms with van der Waals surface area (Å²) in [6.07, 6.45) is 2.53. The summed E-state index contributed by atoms with van der Waals surface area (Å²) in [7, 11) is 3.57. The molecule has 2 aromatic rings. The topological polar surface area (TPSA) is 34.5 Å². The Bertz CT molecular complexity index is 614. The van der Waals surface area contributed by atoms with Crippen molar-refractivity contribution < 1.29 is 9.53 Å². The lowest BCUT2D eigenvalue weighted by atomic mass is 10.1. The first-order chi connectivity index (χ1) is 8.66. The molecule has 0 atom stereocenters. The Morgan fingerprint density at radius 2 is 2.28 bits per heavy atom. The predicted octanol–water partition coefficient (Wildman–Crippen LogP) is 1.66. The maximum absolute atomic E-state index is 11.8. The van der Waals surface area contributed by atoms with Crippen LogP contribution in [0.15, 0.2) is 24.4 Å². The second-order valence-corrected chi connectivity index (χ2v) is 4.81. The quantitative estimate of drug-likeness (QED) is 0.805. The van der Waals surface area contributed by atoms with Crippen LogP contribution in [0.4, 0.5) is 0 Å². The van der Waals surface area contributed by atoms with Gasteiger partial charge in [-0.1, -0.05) is 12.1 Å². The molecule has 0 aliphatic carbocycles. The summed E-state index contributed by atoms with van der Waals surface area (Å²) < 4.78 is 7.83. The number of hydrogen-bond acceptors (Lipinski definition) is 2. The van der Waals surface area contributed by atoms with Crippen LogP contribution in [0.25, 0.3) is 10.9 Å². The van der Waals surface area contributed by atoms with Gasteiger partial charge in [0.1, 0.15) is 12.4 Å². The van der Waals surface area contributed by atoms with Crippen molar-refractivity contribution in [3.63, 3.8) is 0 Å². The van der Waals surface area contributed by atoms with Crippen LogP contribution in [0.3, 0.4) is 0 Å². The van der Waals surface area contributed by atoms with Crippen LogP contribution in [0.5, 0.6) is 5.75 Å². The number of nitrogens with zero attached hydrogens (tertiary/aromatic N) is 2. The molecule has 0 radical (unpaired) electrons. The van der Waals surface area contributed by atoms with Crippen molar-refractivity contribution >= 4 is 16.8 Å². The summed E-state index contributed by atoms with van der Waals surface area (Å²) in [6.45, 7) is 1.55. The molecule has 0 bridgehead atoms. The molecule has 18 heavy (non-hydrogen) atoms. The summed E-state index contributed by atoms with van der Waals surface area (Å²) in [5, 5.41) is 1.13. The van der Waals surface area contributed by atoms with Gasteiger partial charge < -0.3 is 14.2 Å². The van der Waals surface area contributed by atoms with Gasteiger partial charge in [-0.25, -0.2) is 0 Å². The predicted molar refractivity (Wildman–Crippen MR) is 69.8 cm³/mol. The minimum absolute atomic E-state index is 0.125. The summed E-state index contributed by atoms with van der Waals surface area (Å²) in [6, 6.07) is 6.02. The number of ether oxygens (including phenoxy) is 1. The lowest BCUT2D eigenvalue weighted by molar-refractivity contribution is -0.127. The first-order valence-corrected chi connectivity index (χ1v) is 6.10. The van der Waals surface area contributed by atoms with E-state index in [1.807, 2.05) is 12.1 Å². The second kappa shape index (κ2) is 4.05. The van der Waals surface area contributed by atoms with Crippen LogP contribution < -0.4 is 4.74 Å². The van der Waals surface area contributed by atoms with Crippen LogP contribution in [-0.4, -0.2) is 36.1 Å². The molecule has 4 heteroatoms. The molecule has 0 spiro atoms. The fourth-order valence-corrected chi connectivity index (χ4v) is 2.41. The van der Waals surface area contributed by atoms with Gasteiger partial charge in [0.25, 0.3) is 0 Å². The van der Waals surface area contributed by atoms with Gasteiger partial charge in [0.15, 0.2) is 0 Å². The van der Waals surface area contributed by atoms with Crippen LogP contribution in [0.2, 0.25) is 0 Å². The van der Waals surface area contributed by atoms with E-state index in [1.54, 1.807) is 19.0 Å². The maximum Gasteiger partial charge on any atom is 0.226 e. The maximum atomic E-state index is 11.8. The molecule has 94 valence electrons. The van der Waals surface area contributed by atoms with Gasteiger partial charge in [-0.15, -0.1) is 0 Å². The Kier molecular flexibility index (Phi) is 2.51. The normalized spacial score (nSPS) is 13.4. The van der Waals surface area contributed by atoms with Crippen molar-refractivity contribution in [3.8, 4) is 5.75 Å². The molecule has 4 nitrogen and oxygen atoms in total. The minimum Gasteiger partial charge on any atom is -0.490 e. The number of hydrogen-bond donors (Lipinski definition) is 0. The van der Waals surface area contributed by atoms with E-state index < -0.39 is 0 Å². The Balaban J connectivity index is 2.09. The van der Waals surface area contributed by atoms with E-state index in [0.29, 0.717) is 13.0 Å². The molecule has 2 heterocycles. The van der Waals surface area contributed by atoms with Gasteiger partial charge in [-0.05, 0) is 11.6 Å². The monoisotopic (exact) mass is 244 g/mol. The highest BCUT2D eigenvalue weighted by Crippen LogP contribution is 2.32. The number of benzene rings is 1. The highest BCUT2D eigenvalue weighted by molar-refractivity contribution is 5.92. The van der Waals surface area contributed by atoms with Gasteiger partial charge >= 0.3 is 0 Å². The Hall–Kier alpha value is -1.97. The van der Waals surface area contributed by atoms with Crippen LogP contribution in [0, 0.1) is 0 Å². The summed E-state index contributed by atoms with van der Waals surface area (Å²) in [5.41, 5.74) is 2.20. The highest BCUT2D eigenvalue weighted by atomic mass is 16.5. The molecule has 0 N–H and O–H groups in total. The van der Waals surface area contributed by atoms with Gasteiger partial charge in [0, 0.05) is 25.7 Å². The molecule has 1 aliphatic rings. The van der Waals surface area contributed by atoms with E-state index in [1.165, 1.54) is 0 Å². The third kappa shape index (κ3) is 1.65. The fraction of sp³-hybridized carbons (Fsp3) is 0.357. The molecule has 1 aromatic heterocycles. The van der Waals surface area contributed by atoms with E-state index in [0.717, 1.165) is 28.8 Å². The average Bonchev–Trinajstić information content (AvgIpc) is 2.70. The Morgan fingerprint density at radius 1 is 1.44 bits per heavy atom. The zero-order chi connectivity index (χ0) is 12.7. The minimum atomic E-state index is 0.125. The number of carbonyl (C=O) groups excluding carboxylic acids is 1. The van der Waals surface area contributed by atoms with Gasteiger partial charge in [0.05, 0.1) is 18.5 Å². The average molecular weight is 244 g/mol. The molecule has 1 aromatic carbocycles. The van der Waals surface area contributed by atoms with Gasteiger partial charge in [-0.2, -0.15) is 0 Å². The van der Waals surface area contributed by atoms with Gasteiger partial charge in [-0.3, -0.25) is 4.79 Å². The molecular weight excluding hydrogens is 228 g/mol. The largest absolute Gasteiger partial charge is 0.490 e. The first-order valence-electron chi connectivity index (χ1n) is 6.10. The fourth-order valence-electron chi connectivity index (χ4n) is 2.41. The number of rotatable bonds is 2. The summed E-state index contributed by atoms with van der Waals surface area (Å²) in [4.78, 5) is 13.5. The lowest BCUT2D eigenvalue weighted by Gasteiger charge is -2.16. The highest BCUT2D eigenvalue weighted by Gasteiger charge is 2.18. The Morgan fingerprint density at radius 3 is 3.06 bits per heavy atom. The number of likely N-dealkylation sites (N-methyl/N-ethyl adjacent to an activating group) is 1. The van der Waals surface area contributed by atoms with E-state index in [2.05, 4.69) is 16.8 Å².